The first-order chi connectivity index (χ1) is 13.2. The number of nitrogens with one attached hydrogen (secondary N) is 1. The van der Waals surface area contributed by atoms with Crippen LogP contribution < -0.4 is 10.1 Å². The minimum Gasteiger partial charge on any atom is -0.494 e. The molecule has 1 aliphatic rings. The molecule has 10 heteroatoms. The van der Waals surface area contributed by atoms with E-state index in [-0.39, 0.29) is 22.4 Å². The highest BCUT2D eigenvalue weighted by Crippen LogP contribution is 2.30. The number of carbonyl (C=O) groups is 1. The summed E-state index contributed by atoms with van der Waals surface area (Å²) >= 11 is 0. The largest absolute Gasteiger partial charge is 0.494 e. The zero-order valence-corrected chi connectivity index (χ0v) is 16.1. The predicted octanol–water partition coefficient (Wildman–Crippen LogP) is 2.21. The zero-order valence-electron chi connectivity index (χ0n) is 15.3. The standard InChI is InChI=1S/C18H17FN4O4S/c1-11(24)21-13-5-7-17-14(9-13)18(22-28(17,25)26)23(2)20-10-12-4-6-15(19)16(8-12)27-3/h4-10H,1-3H3,(H,21,24)/b20-10+. The van der Waals surface area contributed by atoms with E-state index >= 15 is 0 Å². The number of benzene rings is 2. The summed E-state index contributed by atoms with van der Waals surface area (Å²) in [5, 5.41) is 8.07. The van der Waals surface area contributed by atoms with Crippen LogP contribution in [0.2, 0.25) is 0 Å². The number of hydrogen-bond acceptors (Lipinski definition) is 6. The van der Waals surface area contributed by atoms with Crippen LogP contribution in [0, 0.1) is 5.82 Å². The molecule has 1 heterocycles. The second-order valence-electron chi connectivity index (χ2n) is 5.94. The molecule has 0 saturated carbocycles. The number of fused-ring (bicyclic) bond motifs is 1. The molecule has 0 unspecified atom stereocenters. The molecule has 0 aliphatic carbocycles. The minimum absolute atomic E-state index is 0.0297. The summed E-state index contributed by atoms with van der Waals surface area (Å²) in [4.78, 5) is 11.3. The lowest BCUT2D eigenvalue weighted by molar-refractivity contribution is -0.114. The number of nitrogens with zero attached hydrogens (tertiary/aromatic N) is 3. The van der Waals surface area contributed by atoms with Gasteiger partial charge in [0, 0.05) is 25.2 Å². The van der Waals surface area contributed by atoms with Gasteiger partial charge in [0.25, 0.3) is 10.0 Å². The first-order valence-electron chi connectivity index (χ1n) is 8.09. The molecule has 1 aliphatic heterocycles. The average molecular weight is 404 g/mol. The smallest absolute Gasteiger partial charge is 0.285 e. The van der Waals surface area contributed by atoms with Crippen LogP contribution in [0.3, 0.4) is 0 Å². The van der Waals surface area contributed by atoms with Gasteiger partial charge in [0.05, 0.1) is 13.3 Å². The Morgan fingerprint density at radius 2 is 2.04 bits per heavy atom. The Bertz CT molecular complexity index is 1110. The van der Waals surface area contributed by atoms with Crippen LogP contribution in [0.5, 0.6) is 5.75 Å². The fourth-order valence-corrected chi connectivity index (χ4v) is 3.83. The molecule has 1 amide bonds. The van der Waals surface area contributed by atoms with Crippen LogP contribution in [-0.2, 0) is 14.8 Å². The maximum Gasteiger partial charge on any atom is 0.285 e. The van der Waals surface area contributed by atoms with Crippen molar-refractivity contribution < 1.29 is 22.3 Å². The van der Waals surface area contributed by atoms with Gasteiger partial charge in [-0.3, -0.25) is 4.79 Å². The summed E-state index contributed by atoms with van der Waals surface area (Å²) in [6, 6.07) is 8.60. The number of hydrazone groups is 1. The van der Waals surface area contributed by atoms with E-state index in [9.17, 15) is 17.6 Å². The van der Waals surface area contributed by atoms with Gasteiger partial charge in [-0.15, -0.1) is 4.40 Å². The number of anilines is 1. The van der Waals surface area contributed by atoms with E-state index in [4.69, 9.17) is 4.74 Å². The third kappa shape index (κ3) is 3.86. The van der Waals surface area contributed by atoms with E-state index in [1.165, 1.54) is 68.7 Å². The maximum absolute atomic E-state index is 13.5. The number of methoxy groups -OCH3 is 1. The molecule has 146 valence electrons. The van der Waals surface area contributed by atoms with Crippen molar-refractivity contribution in [3.05, 3.63) is 53.3 Å². The molecule has 8 nitrogen and oxygen atoms in total. The molecule has 28 heavy (non-hydrogen) atoms. The number of hydrogen-bond donors (Lipinski definition) is 1. The number of amides is 1. The van der Waals surface area contributed by atoms with E-state index in [0.717, 1.165) is 0 Å². The molecular weight excluding hydrogens is 387 g/mol. The van der Waals surface area contributed by atoms with Gasteiger partial charge in [0.1, 0.15) is 4.90 Å². The average Bonchev–Trinajstić information content (AvgIpc) is 2.91. The van der Waals surface area contributed by atoms with Gasteiger partial charge in [-0.1, -0.05) is 6.07 Å². The Labute approximate surface area is 161 Å². The summed E-state index contributed by atoms with van der Waals surface area (Å²) in [5.41, 5.74) is 1.32. The molecular formula is C18H17FN4O4S. The lowest BCUT2D eigenvalue weighted by Gasteiger charge is -2.13. The molecule has 0 fully saturated rings. The molecule has 0 spiro atoms. The lowest BCUT2D eigenvalue weighted by atomic mass is 10.1. The van der Waals surface area contributed by atoms with Gasteiger partial charge >= 0.3 is 0 Å². The predicted molar refractivity (Wildman–Crippen MR) is 103 cm³/mol. The summed E-state index contributed by atoms with van der Waals surface area (Å²) < 4.78 is 46.8. The van der Waals surface area contributed by atoms with Crippen molar-refractivity contribution in [2.24, 2.45) is 9.50 Å². The summed E-state index contributed by atoms with van der Waals surface area (Å²) in [5.74, 6) is -0.611. The number of amidine groups is 1. The fraction of sp³-hybridized carbons (Fsp3) is 0.167. The van der Waals surface area contributed by atoms with Gasteiger partial charge in [0.15, 0.2) is 17.4 Å². The first kappa shape index (κ1) is 19.5. The van der Waals surface area contributed by atoms with Crippen molar-refractivity contribution in [1.29, 1.82) is 0 Å². The van der Waals surface area contributed by atoms with Crippen LogP contribution in [0.25, 0.3) is 0 Å². The first-order valence-corrected chi connectivity index (χ1v) is 9.53. The third-order valence-electron chi connectivity index (χ3n) is 3.89. The highest BCUT2D eigenvalue weighted by atomic mass is 32.2. The second kappa shape index (κ2) is 7.39. The van der Waals surface area contributed by atoms with Crippen molar-refractivity contribution in [3.63, 3.8) is 0 Å². The molecule has 2 aromatic carbocycles. The molecule has 0 aromatic heterocycles. The highest BCUT2D eigenvalue weighted by Gasteiger charge is 2.31. The van der Waals surface area contributed by atoms with Crippen LogP contribution in [0.15, 0.2) is 50.8 Å². The molecule has 3 rings (SSSR count). The second-order valence-corrected chi connectivity index (χ2v) is 7.52. The van der Waals surface area contributed by atoms with Gasteiger partial charge in [-0.05, 0) is 35.9 Å². The molecule has 0 radical (unpaired) electrons. The molecule has 0 saturated heterocycles. The number of rotatable bonds is 4. The van der Waals surface area contributed by atoms with Crippen molar-refractivity contribution >= 4 is 33.7 Å². The Morgan fingerprint density at radius 1 is 1.29 bits per heavy atom. The Balaban J connectivity index is 1.93. The fourth-order valence-electron chi connectivity index (χ4n) is 2.62. The van der Waals surface area contributed by atoms with Crippen molar-refractivity contribution in [2.45, 2.75) is 11.8 Å². The van der Waals surface area contributed by atoms with Gasteiger partial charge < -0.3 is 10.1 Å². The number of ether oxygens (including phenoxy) is 1. The third-order valence-corrected chi connectivity index (χ3v) is 5.21. The lowest BCUT2D eigenvalue weighted by Crippen LogP contribution is -2.21. The minimum atomic E-state index is -3.85. The van der Waals surface area contributed by atoms with Crippen LogP contribution in [-0.4, -0.2) is 45.5 Å². The van der Waals surface area contributed by atoms with Crippen LogP contribution >= 0.6 is 0 Å². The number of carbonyl (C=O) groups excluding carboxylic acids is 1. The van der Waals surface area contributed by atoms with Crippen molar-refractivity contribution in [1.82, 2.24) is 5.01 Å². The van der Waals surface area contributed by atoms with Crippen LogP contribution in [0.1, 0.15) is 18.1 Å². The van der Waals surface area contributed by atoms with E-state index in [0.29, 0.717) is 16.8 Å². The Morgan fingerprint density at radius 3 is 2.71 bits per heavy atom. The van der Waals surface area contributed by atoms with E-state index in [1.54, 1.807) is 0 Å². The van der Waals surface area contributed by atoms with E-state index in [2.05, 4.69) is 14.8 Å². The summed E-state index contributed by atoms with van der Waals surface area (Å²) in [7, 11) is -0.966. The Hall–Kier alpha value is -3.27. The molecule has 2 aromatic rings. The van der Waals surface area contributed by atoms with Crippen molar-refractivity contribution in [2.75, 3.05) is 19.5 Å². The van der Waals surface area contributed by atoms with Gasteiger partial charge in [-0.25, -0.2) is 9.40 Å². The highest BCUT2D eigenvalue weighted by molar-refractivity contribution is 7.90. The molecule has 0 atom stereocenters. The monoisotopic (exact) mass is 404 g/mol. The molecule has 1 N–H and O–H groups in total. The summed E-state index contributed by atoms with van der Waals surface area (Å²) in [6.07, 6.45) is 1.42. The number of halogens is 1. The van der Waals surface area contributed by atoms with Crippen LogP contribution in [0.4, 0.5) is 10.1 Å². The van der Waals surface area contributed by atoms with E-state index in [1.807, 2.05) is 0 Å². The quantitative estimate of drug-likeness (QED) is 0.622. The Kier molecular flexibility index (Phi) is 5.14. The summed E-state index contributed by atoms with van der Waals surface area (Å²) in [6.45, 7) is 1.35. The zero-order chi connectivity index (χ0) is 20.5. The molecule has 0 bridgehead atoms. The van der Waals surface area contributed by atoms with Gasteiger partial charge in [-0.2, -0.15) is 13.5 Å². The van der Waals surface area contributed by atoms with E-state index < -0.39 is 15.8 Å². The topological polar surface area (TPSA) is 100 Å². The SMILES string of the molecule is COc1cc(/C=N/N(C)C2=NS(=O)(=O)c3ccc(NC(C)=O)cc32)ccc1F. The maximum atomic E-state index is 13.5. The number of sulfonamides is 1. The normalized spacial score (nSPS) is 14.5. The van der Waals surface area contributed by atoms with Gasteiger partial charge in [0.2, 0.25) is 5.91 Å². The van der Waals surface area contributed by atoms with Crippen molar-refractivity contribution in [3.8, 4) is 5.75 Å².